The van der Waals surface area contributed by atoms with Crippen LogP contribution in [0.4, 0.5) is 0 Å². The molecular formula is C23H24N4S2. The van der Waals surface area contributed by atoms with Crippen LogP contribution in [0.3, 0.4) is 0 Å². The smallest absolute Gasteiger partial charge is 0.191 e. The molecule has 6 heteroatoms. The second kappa shape index (κ2) is 8.67. The summed E-state index contributed by atoms with van der Waals surface area (Å²) < 4.78 is 2.44. The van der Waals surface area contributed by atoms with E-state index >= 15 is 0 Å². The maximum Gasteiger partial charge on any atom is 0.191 e. The minimum Gasteiger partial charge on any atom is -0.303 e. The number of nitrogens with zero attached hydrogens (tertiary/aromatic N) is 4. The van der Waals surface area contributed by atoms with Crippen LogP contribution in [0.5, 0.6) is 0 Å². The molecule has 2 heterocycles. The van der Waals surface area contributed by atoms with Crippen LogP contribution in [0.1, 0.15) is 55.2 Å². The van der Waals surface area contributed by atoms with Crippen LogP contribution in [0.15, 0.2) is 58.5 Å². The summed E-state index contributed by atoms with van der Waals surface area (Å²) in [5, 5.41) is 15.0. The van der Waals surface area contributed by atoms with E-state index in [1.165, 1.54) is 48.4 Å². The van der Waals surface area contributed by atoms with Crippen LogP contribution in [0, 0.1) is 0 Å². The molecule has 1 aliphatic rings. The van der Waals surface area contributed by atoms with E-state index in [1.54, 1.807) is 23.1 Å². The maximum atomic E-state index is 4.67. The molecule has 4 nitrogen and oxygen atoms in total. The van der Waals surface area contributed by atoms with E-state index in [-0.39, 0.29) is 0 Å². The van der Waals surface area contributed by atoms with Gasteiger partial charge in [-0.2, -0.15) is 0 Å². The van der Waals surface area contributed by atoms with Crippen molar-refractivity contribution >= 4 is 33.9 Å². The van der Waals surface area contributed by atoms with Gasteiger partial charge in [-0.25, -0.2) is 4.98 Å². The molecule has 0 amide bonds. The van der Waals surface area contributed by atoms with Gasteiger partial charge >= 0.3 is 0 Å². The lowest BCUT2D eigenvalue weighted by molar-refractivity contribution is 0.330. The Morgan fingerprint density at radius 2 is 1.86 bits per heavy atom. The molecule has 0 atom stereocenters. The van der Waals surface area contributed by atoms with Crippen molar-refractivity contribution in [2.75, 3.05) is 0 Å². The molecule has 0 bridgehead atoms. The third-order valence-electron chi connectivity index (χ3n) is 5.74. The Morgan fingerprint density at radius 1 is 1.00 bits per heavy atom. The number of fused-ring (bicyclic) bond motifs is 1. The predicted molar refractivity (Wildman–Crippen MR) is 121 cm³/mol. The molecule has 0 aliphatic heterocycles. The van der Waals surface area contributed by atoms with Crippen molar-refractivity contribution in [2.24, 2.45) is 0 Å². The average molecular weight is 421 g/mol. The lowest BCUT2D eigenvalue weighted by Crippen LogP contribution is -2.17. The van der Waals surface area contributed by atoms with Gasteiger partial charge in [0, 0.05) is 23.6 Å². The molecule has 0 unspecified atom stereocenters. The Labute approximate surface area is 179 Å². The average Bonchev–Trinajstić information content (AvgIpc) is 3.43. The molecule has 1 aliphatic carbocycles. The zero-order valence-electron chi connectivity index (χ0n) is 16.3. The Kier molecular flexibility index (Phi) is 5.63. The number of rotatable bonds is 6. The standard InChI is InChI=1S/C23H24N4S2/c1-2-10-20(11-3-1)27-22(25-26-23(27)29-15-19-14-28-16-24-19)13-18-9-6-8-17-7-4-5-12-21(17)18/h4-9,12,14,16,20H,1-3,10-11,13,15H2. The molecule has 29 heavy (non-hydrogen) atoms. The normalized spacial score (nSPS) is 15.2. The first-order valence-electron chi connectivity index (χ1n) is 10.3. The lowest BCUT2D eigenvalue weighted by atomic mass is 9.95. The van der Waals surface area contributed by atoms with Crippen molar-refractivity contribution in [3.05, 3.63) is 70.4 Å². The second-order valence-electron chi connectivity index (χ2n) is 7.64. The van der Waals surface area contributed by atoms with Crippen molar-refractivity contribution in [1.82, 2.24) is 19.7 Å². The summed E-state index contributed by atoms with van der Waals surface area (Å²) in [6.07, 6.45) is 7.22. The SMILES string of the molecule is c1ccc2c(Cc3nnc(SCc4cscn4)n3C3CCCCC3)cccc2c1. The van der Waals surface area contributed by atoms with Crippen LogP contribution >= 0.6 is 23.1 Å². The second-order valence-corrected chi connectivity index (χ2v) is 9.31. The summed E-state index contributed by atoms with van der Waals surface area (Å²) in [6, 6.07) is 15.7. The van der Waals surface area contributed by atoms with Crippen LogP contribution in [-0.4, -0.2) is 19.7 Å². The van der Waals surface area contributed by atoms with Gasteiger partial charge in [0.25, 0.3) is 0 Å². The molecule has 5 rings (SSSR count). The van der Waals surface area contributed by atoms with Crippen molar-refractivity contribution < 1.29 is 0 Å². The molecule has 148 valence electrons. The fourth-order valence-corrected chi connectivity index (χ4v) is 5.89. The first-order chi connectivity index (χ1) is 14.4. The van der Waals surface area contributed by atoms with Crippen LogP contribution in [-0.2, 0) is 12.2 Å². The highest BCUT2D eigenvalue weighted by molar-refractivity contribution is 7.98. The monoisotopic (exact) mass is 420 g/mol. The molecule has 0 spiro atoms. The molecule has 0 radical (unpaired) electrons. The molecule has 1 saturated carbocycles. The number of thioether (sulfide) groups is 1. The maximum absolute atomic E-state index is 4.67. The quantitative estimate of drug-likeness (QED) is 0.345. The molecule has 1 fully saturated rings. The molecule has 4 aromatic rings. The number of hydrogen-bond donors (Lipinski definition) is 0. The van der Waals surface area contributed by atoms with Crippen molar-refractivity contribution in [3.63, 3.8) is 0 Å². The highest BCUT2D eigenvalue weighted by Crippen LogP contribution is 2.34. The van der Waals surface area contributed by atoms with E-state index in [0.29, 0.717) is 6.04 Å². The zero-order chi connectivity index (χ0) is 19.5. The van der Waals surface area contributed by atoms with E-state index in [9.17, 15) is 0 Å². The predicted octanol–water partition coefficient (Wildman–Crippen LogP) is 6.28. The van der Waals surface area contributed by atoms with E-state index in [1.807, 2.05) is 5.51 Å². The number of hydrogen-bond acceptors (Lipinski definition) is 5. The summed E-state index contributed by atoms with van der Waals surface area (Å²) in [4.78, 5) is 4.42. The third-order valence-corrected chi connectivity index (χ3v) is 7.35. The first kappa shape index (κ1) is 18.8. The van der Waals surface area contributed by atoms with E-state index in [0.717, 1.165) is 28.8 Å². The van der Waals surface area contributed by atoms with Gasteiger partial charge in [-0.3, -0.25) is 0 Å². The van der Waals surface area contributed by atoms with Gasteiger partial charge in [0.05, 0.1) is 11.2 Å². The van der Waals surface area contributed by atoms with Gasteiger partial charge in [0.1, 0.15) is 5.82 Å². The highest BCUT2D eigenvalue weighted by atomic mass is 32.2. The molecule has 0 saturated heterocycles. The minimum absolute atomic E-state index is 0.515. The van der Waals surface area contributed by atoms with Crippen LogP contribution in [0.2, 0.25) is 0 Å². The number of aromatic nitrogens is 4. The van der Waals surface area contributed by atoms with Gasteiger partial charge < -0.3 is 4.57 Å². The highest BCUT2D eigenvalue weighted by Gasteiger charge is 2.23. The van der Waals surface area contributed by atoms with Gasteiger partial charge in [-0.1, -0.05) is 73.5 Å². The summed E-state index contributed by atoms with van der Waals surface area (Å²) in [7, 11) is 0. The van der Waals surface area contributed by atoms with Crippen LogP contribution in [0.25, 0.3) is 10.8 Å². The fraction of sp³-hybridized carbons (Fsp3) is 0.348. The zero-order valence-corrected chi connectivity index (χ0v) is 18.0. The fourth-order valence-electron chi connectivity index (χ4n) is 4.30. The lowest BCUT2D eigenvalue weighted by Gasteiger charge is -2.25. The molecular weight excluding hydrogens is 396 g/mol. The Morgan fingerprint density at radius 3 is 2.72 bits per heavy atom. The van der Waals surface area contributed by atoms with Gasteiger partial charge in [-0.15, -0.1) is 21.5 Å². The topological polar surface area (TPSA) is 43.6 Å². The number of benzene rings is 2. The van der Waals surface area contributed by atoms with Gasteiger partial charge in [0.2, 0.25) is 0 Å². The number of thiazole rings is 1. The summed E-state index contributed by atoms with van der Waals surface area (Å²) in [6.45, 7) is 0. The van der Waals surface area contributed by atoms with E-state index in [2.05, 4.69) is 67.6 Å². The van der Waals surface area contributed by atoms with E-state index in [4.69, 9.17) is 0 Å². The Hall–Kier alpha value is -2.18. The van der Waals surface area contributed by atoms with Gasteiger partial charge in [0.15, 0.2) is 5.16 Å². The largest absolute Gasteiger partial charge is 0.303 e. The third kappa shape index (κ3) is 4.09. The van der Waals surface area contributed by atoms with Crippen molar-refractivity contribution in [3.8, 4) is 0 Å². The summed E-state index contributed by atoms with van der Waals surface area (Å²) >= 11 is 3.41. The minimum atomic E-state index is 0.515. The molecule has 2 aromatic heterocycles. The van der Waals surface area contributed by atoms with E-state index < -0.39 is 0 Å². The summed E-state index contributed by atoms with van der Waals surface area (Å²) in [5.74, 6) is 1.94. The Balaban J connectivity index is 1.48. The molecule has 2 aromatic carbocycles. The first-order valence-corrected chi connectivity index (χ1v) is 12.2. The molecule has 0 N–H and O–H groups in total. The van der Waals surface area contributed by atoms with Crippen molar-refractivity contribution in [1.29, 1.82) is 0 Å². The van der Waals surface area contributed by atoms with Crippen LogP contribution < -0.4 is 0 Å². The van der Waals surface area contributed by atoms with Crippen molar-refractivity contribution in [2.45, 2.75) is 55.5 Å². The summed E-state index contributed by atoms with van der Waals surface area (Å²) in [5.41, 5.74) is 4.34. The van der Waals surface area contributed by atoms with Gasteiger partial charge in [-0.05, 0) is 29.2 Å². The Bertz CT molecular complexity index is 1080.